The van der Waals surface area contributed by atoms with Crippen molar-refractivity contribution in [2.24, 2.45) is 5.73 Å². The second-order valence-electron chi connectivity index (χ2n) is 7.37. The van der Waals surface area contributed by atoms with E-state index in [0.717, 1.165) is 10.9 Å². The van der Waals surface area contributed by atoms with Crippen molar-refractivity contribution in [3.05, 3.63) is 30.5 Å². The van der Waals surface area contributed by atoms with E-state index >= 15 is 0 Å². The molecule has 9 N–H and O–H groups in total. The first kappa shape index (κ1) is 24.1. The van der Waals surface area contributed by atoms with Crippen LogP contribution in [0, 0.1) is 0 Å². The van der Waals surface area contributed by atoms with Crippen LogP contribution < -0.4 is 5.73 Å². The molecular weight excluding hydrogens is 396 g/mol. The summed E-state index contributed by atoms with van der Waals surface area (Å²) in [5.74, 6) is -1.20. The van der Waals surface area contributed by atoms with Crippen LogP contribution in [-0.4, -0.2) is 78.3 Å². The van der Waals surface area contributed by atoms with Gasteiger partial charge in [-0.2, -0.15) is 0 Å². The van der Waals surface area contributed by atoms with Crippen LogP contribution in [0.25, 0.3) is 10.9 Å². The molecule has 1 saturated heterocycles. The van der Waals surface area contributed by atoms with Crippen molar-refractivity contribution in [2.45, 2.75) is 68.9 Å². The van der Waals surface area contributed by atoms with Gasteiger partial charge in [0.1, 0.15) is 24.1 Å². The van der Waals surface area contributed by atoms with Gasteiger partial charge in [-0.15, -0.1) is 0 Å². The van der Waals surface area contributed by atoms with E-state index in [4.69, 9.17) is 31.3 Å². The highest BCUT2D eigenvalue weighted by Gasteiger charge is 2.46. The third-order valence-electron chi connectivity index (χ3n) is 5.05. The number of rotatable bonds is 1. The van der Waals surface area contributed by atoms with E-state index in [0.29, 0.717) is 11.8 Å². The molecule has 2 aromatic rings. The van der Waals surface area contributed by atoms with Gasteiger partial charge in [0.25, 0.3) is 0 Å². The topological polar surface area (TPSA) is 189 Å². The fourth-order valence-corrected chi connectivity index (χ4v) is 3.26. The summed E-state index contributed by atoms with van der Waals surface area (Å²) in [7, 11) is 0. The summed E-state index contributed by atoms with van der Waals surface area (Å²) in [6.07, 6.45) is -0.472. The Kier molecular flexibility index (Phi) is 9.03. The lowest BCUT2D eigenvalue weighted by molar-refractivity contribution is -0.279. The molecular formula is C20H30N2O8. The standard InChI is InChI=1S/C8H7NO.C6H13N.C6H10O7/c10-8-5-9-7-4-2-1-3-6(7)8;7-6-4-2-1-3-5-6;7-1-2(8)4(5(10)11)13-6(12)3(1)9/h1-5,9-10H;6H,1-5,7H2;1-4,6-9,12H,(H,10,11)/t;;1-,2-,3+,4-,6+/m..0/s1. The van der Waals surface area contributed by atoms with E-state index < -0.39 is 36.7 Å². The minimum absolute atomic E-state index is 0.315. The first-order valence-corrected chi connectivity index (χ1v) is 9.83. The SMILES string of the molecule is NC1CCCCC1.O=C(O)[C@H]1O[C@@H](O)[C@H](O)[C@@H](O)[C@@H]1O.Oc1c[nH]c2ccccc12. The Balaban J connectivity index is 0.000000167. The van der Waals surface area contributed by atoms with Gasteiger partial charge in [-0.25, -0.2) is 4.79 Å². The fourth-order valence-electron chi connectivity index (χ4n) is 3.26. The maximum absolute atomic E-state index is 10.4. The molecule has 30 heavy (non-hydrogen) atoms. The number of H-pyrrole nitrogens is 1. The first-order valence-electron chi connectivity index (χ1n) is 9.83. The number of carboxylic acids is 1. The third kappa shape index (κ3) is 6.39. The highest BCUT2D eigenvalue weighted by Crippen LogP contribution is 2.22. The molecule has 1 aliphatic heterocycles. The molecule has 10 heteroatoms. The average Bonchev–Trinajstić information content (AvgIpc) is 3.12. The number of aromatic nitrogens is 1. The normalized spacial score (nSPS) is 29.3. The van der Waals surface area contributed by atoms with Crippen LogP contribution in [0.5, 0.6) is 5.75 Å². The summed E-state index contributed by atoms with van der Waals surface area (Å²) >= 11 is 0. The number of benzene rings is 1. The minimum atomic E-state index is -1.81. The van der Waals surface area contributed by atoms with Crippen molar-refractivity contribution >= 4 is 16.9 Å². The quantitative estimate of drug-likeness (QED) is 0.311. The van der Waals surface area contributed by atoms with Gasteiger partial charge in [0.15, 0.2) is 12.4 Å². The number of aromatic amines is 1. The second kappa shape index (κ2) is 11.3. The number of aliphatic hydroxyl groups is 4. The molecule has 2 heterocycles. The average molecular weight is 426 g/mol. The van der Waals surface area contributed by atoms with Crippen molar-refractivity contribution in [1.29, 1.82) is 0 Å². The van der Waals surface area contributed by atoms with E-state index in [2.05, 4.69) is 9.72 Å². The largest absolute Gasteiger partial charge is 0.506 e. The van der Waals surface area contributed by atoms with Crippen LogP contribution in [0.1, 0.15) is 32.1 Å². The van der Waals surface area contributed by atoms with Crippen LogP contribution in [0.3, 0.4) is 0 Å². The van der Waals surface area contributed by atoms with E-state index in [-0.39, 0.29) is 0 Å². The molecule has 1 aromatic carbocycles. The number of aliphatic hydroxyl groups excluding tert-OH is 4. The number of carboxylic acid groups (broad SMARTS) is 1. The molecule has 4 rings (SSSR count). The van der Waals surface area contributed by atoms with E-state index in [1.807, 2.05) is 24.3 Å². The lowest BCUT2D eigenvalue weighted by atomic mass is 9.97. The molecule has 1 aromatic heterocycles. The molecule has 5 atom stereocenters. The minimum Gasteiger partial charge on any atom is -0.506 e. The van der Waals surface area contributed by atoms with Crippen molar-refractivity contribution in [3.63, 3.8) is 0 Å². The van der Waals surface area contributed by atoms with Crippen molar-refractivity contribution in [1.82, 2.24) is 4.98 Å². The number of aromatic hydroxyl groups is 1. The molecule has 0 unspecified atom stereocenters. The predicted molar refractivity (Wildman–Crippen MR) is 108 cm³/mol. The Morgan fingerprint density at radius 1 is 1.00 bits per heavy atom. The van der Waals surface area contributed by atoms with Crippen LogP contribution in [0.2, 0.25) is 0 Å². The van der Waals surface area contributed by atoms with Gasteiger partial charge in [0, 0.05) is 23.1 Å². The van der Waals surface area contributed by atoms with Gasteiger partial charge in [0.2, 0.25) is 0 Å². The number of carbonyl (C=O) groups is 1. The van der Waals surface area contributed by atoms with Crippen LogP contribution in [0.15, 0.2) is 30.5 Å². The summed E-state index contributed by atoms with van der Waals surface area (Å²) in [5.41, 5.74) is 6.61. The molecule has 1 saturated carbocycles. The number of fused-ring (bicyclic) bond motifs is 1. The zero-order valence-electron chi connectivity index (χ0n) is 16.5. The number of nitrogens with two attached hydrogens (primary N) is 1. The van der Waals surface area contributed by atoms with E-state index in [1.54, 1.807) is 6.20 Å². The highest BCUT2D eigenvalue weighted by molar-refractivity contribution is 5.85. The Labute approximate surface area is 173 Å². The molecule has 1 aliphatic carbocycles. The van der Waals surface area contributed by atoms with Gasteiger partial charge in [0.05, 0.1) is 0 Å². The molecule has 0 radical (unpaired) electrons. The monoisotopic (exact) mass is 426 g/mol. The molecule has 2 fully saturated rings. The summed E-state index contributed by atoms with van der Waals surface area (Å²) in [5, 5.41) is 54.4. The Morgan fingerprint density at radius 3 is 2.17 bits per heavy atom. The van der Waals surface area contributed by atoms with Gasteiger partial charge in [-0.05, 0) is 25.0 Å². The number of aliphatic carboxylic acids is 1. The second-order valence-corrected chi connectivity index (χ2v) is 7.37. The first-order chi connectivity index (χ1) is 14.2. The number of hydrogen-bond acceptors (Lipinski definition) is 8. The summed E-state index contributed by atoms with van der Waals surface area (Å²) in [6, 6.07) is 8.17. The molecule has 2 aliphatic rings. The van der Waals surface area contributed by atoms with Gasteiger partial charge >= 0.3 is 5.97 Å². The maximum atomic E-state index is 10.4. The summed E-state index contributed by atoms with van der Waals surface area (Å²) in [4.78, 5) is 13.3. The zero-order chi connectivity index (χ0) is 22.3. The lowest BCUT2D eigenvalue weighted by Gasteiger charge is -2.36. The predicted octanol–water partition coefficient (Wildman–Crippen LogP) is 0.0222. The number of hydrogen-bond donors (Lipinski definition) is 8. The Morgan fingerprint density at radius 2 is 1.63 bits per heavy atom. The maximum Gasteiger partial charge on any atom is 0.335 e. The van der Waals surface area contributed by atoms with Gasteiger partial charge in [-0.3, -0.25) is 0 Å². The highest BCUT2D eigenvalue weighted by atomic mass is 16.6. The lowest BCUT2D eigenvalue weighted by Crippen LogP contribution is -2.59. The molecule has 0 bridgehead atoms. The molecule has 0 spiro atoms. The number of nitrogens with one attached hydrogen (secondary N) is 1. The fraction of sp³-hybridized carbons (Fsp3) is 0.550. The summed E-state index contributed by atoms with van der Waals surface area (Å²) < 4.78 is 4.34. The van der Waals surface area contributed by atoms with Crippen LogP contribution >= 0.6 is 0 Å². The van der Waals surface area contributed by atoms with E-state index in [9.17, 15) is 9.90 Å². The molecule has 168 valence electrons. The van der Waals surface area contributed by atoms with Gasteiger partial charge < -0.3 is 46.1 Å². The zero-order valence-corrected chi connectivity index (χ0v) is 16.5. The van der Waals surface area contributed by atoms with Crippen molar-refractivity contribution in [2.75, 3.05) is 0 Å². The third-order valence-corrected chi connectivity index (χ3v) is 5.05. The summed E-state index contributed by atoms with van der Waals surface area (Å²) in [6.45, 7) is 0. The van der Waals surface area contributed by atoms with Crippen LogP contribution in [0.4, 0.5) is 0 Å². The Hall–Kier alpha value is -2.21. The number of para-hydroxylation sites is 1. The van der Waals surface area contributed by atoms with Crippen molar-refractivity contribution in [3.8, 4) is 5.75 Å². The van der Waals surface area contributed by atoms with Crippen molar-refractivity contribution < 1.29 is 40.2 Å². The van der Waals surface area contributed by atoms with Crippen LogP contribution in [-0.2, 0) is 9.53 Å². The van der Waals surface area contributed by atoms with Gasteiger partial charge in [-0.1, -0.05) is 31.4 Å². The molecule has 10 nitrogen and oxygen atoms in total. The number of ether oxygens (including phenoxy) is 1. The Bertz CT molecular complexity index is 792. The smallest absolute Gasteiger partial charge is 0.335 e. The molecule has 0 amide bonds. The van der Waals surface area contributed by atoms with E-state index in [1.165, 1.54) is 32.1 Å².